The summed E-state index contributed by atoms with van der Waals surface area (Å²) < 4.78 is 14.8. The van der Waals surface area contributed by atoms with Crippen molar-refractivity contribution in [2.24, 2.45) is 0 Å². The molecule has 0 amide bonds. The molecule has 1 aliphatic heterocycles. The van der Waals surface area contributed by atoms with E-state index in [2.05, 4.69) is 9.42 Å². The Balaban J connectivity index is 2.22. The van der Waals surface area contributed by atoms with Crippen molar-refractivity contribution in [1.82, 2.24) is 4.90 Å². The van der Waals surface area contributed by atoms with Gasteiger partial charge in [0.2, 0.25) is 0 Å². The molecule has 6 heteroatoms. The Kier molecular flexibility index (Phi) is 2.91. The fourth-order valence-electron chi connectivity index (χ4n) is 1.15. The van der Waals surface area contributed by atoms with Crippen molar-refractivity contribution in [1.29, 1.82) is 0 Å². The molecule has 2 N–H and O–H groups in total. The van der Waals surface area contributed by atoms with E-state index in [0.29, 0.717) is 19.1 Å². The first-order chi connectivity index (χ1) is 5.38. The van der Waals surface area contributed by atoms with Crippen LogP contribution in [0.2, 0.25) is 0 Å². The van der Waals surface area contributed by atoms with Crippen molar-refractivity contribution >= 4 is 7.82 Å². The maximum atomic E-state index is 10.4. The van der Waals surface area contributed by atoms with Gasteiger partial charge in [0, 0.05) is 19.1 Å². The Hall–Kier alpha value is 0.0700. The lowest BCUT2D eigenvalue weighted by Crippen LogP contribution is -2.54. The van der Waals surface area contributed by atoms with Gasteiger partial charge >= 0.3 is 7.82 Å². The summed E-state index contributed by atoms with van der Waals surface area (Å²) in [5, 5.41) is 0. The predicted octanol–water partition coefficient (Wildman–Crippen LogP) is 0.188. The maximum absolute atomic E-state index is 10.4. The van der Waals surface area contributed by atoms with Crippen LogP contribution in [0.15, 0.2) is 0 Å². The average Bonchev–Trinajstić information content (AvgIpc) is 1.74. The summed E-state index contributed by atoms with van der Waals surface area (Å²) in [6, 6.07) is 0.418. The van der Waals surface area contributed by atoms with Gasteiger partial charge in [-0.3, -0.25) is 9.42 Å². The molecular formula is C6H14NO4P. The highest BCUT2D eigenvalue weighted by Crippen LogP contribution is 2.39. The van der Waals surface area contributed by atoms with E-state index < -0.39 is 7.82 Å². The molecule has 1 fully saturated rings. The highest BCUT2D eigenvalue weighted by molar-refractivity contribution is 7.46. The second-order valence-electron chi connectivity index (χ2n) is 3.27. The van der Waals surface area contributed by atoms with E-state index in [1.165, 1.54) is 0 Å². The molecule has 12 heavy (non-hydrogen) atoms. The van der Waals surface area contributed by atoms with Crippen LogP contribution in [-0.2, 0) is 9.09 Å². The number of nitrogens with zero attached hydrogens (tertiary/aromatic N) is 1. The molecule has 0 unspecified atom stereocenters. The molecule has 0 spiro atoms. The third kappa shape index (κ3) is 2.84. The summed E-state index contributed by atoms with van der Waals surface area (Å²) in [5.74, 6) is 0. The van der Waals surface area contributed by atoms with Crippen molar-refractivity contribution in [3.63, 3.8) is 0 Å². The summed E-state index contributed by atoms with van der Waals surface area (Å²) in [5.41, 5.74) is 0. The highest BCUT2D eigenvalue weighted by Gasteiger charge is 2.33. The van der Waals surface area contributed by atoms with Crippen LogP contribution in [0.3, 0.4) is 0 Å². The molecule has 1 aliphatic rings. The average molecular weight is 195 g/mol. The first-order valence-electron chi connectivity index (χ1n) is 3.86. The first-order valence-corrected chi connectivity index (χ1v) is 5.39. The Morgan fingerprint density at radius 1 is 1.50 bits per heavy atom. The molecule has 1 heterocycles. The summed E-state index contributed by atoms with van der Waals surface area (Å²) >= 11 is 0. The van der Waals surface area contributed by atoms with Gasteiger partial charge in [0.15, 0.2) is 0 Å². The molecule has 0 saturated carbocycles. The zero-order valence-corrected chi connectivity index (χ0v) is 8.07. The van der Waals surface area contributed by atoms with Gasteiger partial charge in [0.25, 0.3) is 0 Å². The second kappa shape index (κ2) is 3.44. The van der Waals surface area contributed by atoms with Crippen LogP contribution in [-0.4, -0.2) is 39.9 Å². The normalized spacial score (nSPS) is 21.4. The van der Waals surface area contributed by atoms with Crippen molar-refractivity contribution in [3.05, 3.63) is 0 Å². The lowest BCUT2D eigenvalue weighted by Gasteiger charge is -2.41. The van der Waals surface area contributed by atoms with Crippen LogP contribution >= 0.6 is 7.82 Å². The maximum Gasteiger partial charge on any atom is 0.469 e. The molecule has 0 atom stereocenters. The Morgan fingerprint density at radius 3 is 2.33 bits per heavy atom. The SMILES string of the molecule is CC(C)N1CC(OP(=O)(O)O)C1. The third-order valence-corrected chi connectivity index (χ3v) is 2.47. The van der Waals surface area contributed by atoms with Crippen LogP contribution in [0.4, 0.5) is 0 Å². The van der Waals surface area contributed by atoms with E-state index in [9.17, 15) is 4.57 Å². The van der Waals surface area contributed by atoms with Gasteiger partial charge in [-0.05, 0) is 13.8 Å². The van der Waals surface area contributed by atoms with E-state index in [4.69, 9.17) is 9.79 Å². The third-order valence-electron chi connectivity index (χ3n) is 1.89. The van der Waals surface area contributed by atoms with Gasteiger partial charge in [-0.1, -0.05) is 0 Å². The van der Waals surface area contributed by atoms with Crippen LogP contribution in [0, 0.1) is 0 Å². The largest absolute Gasteiger partial charge is 0.469 e. The quantitative estimate of drug-likeness (QED) is 0.629. The van der Waals surface area contributed by atoms with Gasteiger partial charge in [0.1, 0.15) is 0 Å². The zero-order valence-electron chi connectivity index (χ0n) is 7.17. The van der Waals surface area contributed by atoms with E-state index in [-0.39, 0.29) is 6.10 Å². The Labute approximate surface area is 71.6 Å². The summed E-state index contributed by atoms with van der Waals surface area (Å²) in [7, 11) is -4.27. The molecule has 1 saturated heterocycles. The van der Waals surface area contributed by atoms with Crippen molar-refractivity contribution in [2.75, 3.05) is 13.1 Å². The molecule has 0 aromatic carbocycles. The van der Waals surface area contributed by atoms with Gasteiger partial charge in [-0.25, -0.2) is 4.57 Å². The van der Waals surface area contributed by atoms with Gasteiger partial charge in [-0.15, -0.1) is 0 Å². The zero-order chi connectivity index (χ0) is 9.35. The number of hydrogen-bond donors (Lipinski definition) is 2. The smallest absolute Gasteiger partial charge is 0.303 e. The first kappa shape index (κ1) is 10.2. The lowest BCUT2D eigenvalue weighted by atomic mass is 10.1. The Bertz CT molecular complexity index is 196. The topological polar surface area (TPSA) is 70.0 Å². The molecule has 0 bridgehead atoms. The lowest BCUT2D eigenvalue weighted by molar-refractivity contribution is -0.0154. The molecule has 0 aromatic heterocycles. The van der Waals surface area contributed by atoms with Gasteiger partial charge in [0.05, 0.1) is 6.10 Å². The number of hydrogen-bond acceptors (Lipinski definition) is 3. The van der Waals surface area contributed by atoms with E-state index in [1.807, 2.05) is 13.8 Å². The minimum Gasteiger partial charge on any atom is -0.303 e. The van der Waals surface area contributed by atoms with E-state index >= 15 is 0 Å². The Morgan fingerprint density at radius 2 is 2.00 bits per heavy atom. The van der Waals surface area contributed by atoms with Crippen LogP contribution < -0.4 is 0 Å². The molecule has 5 nitrogen and oxygen atoms in total. The number of phosphoric ester groups is 1. The fourth-order valence-corrected chi connectivity index (χ4v) is 1.67. The molecule has 0 aliphatic carbocycles. The summed E-state index contributed by atoms with van der Waals surface area (Å²) in [6.07, 6.45) is -0.298. The predicted molar refractivity (Wildman–Crippen MR) is 43.6 cm³/mol. The van der Waals surface area contributed by atoms with Crippen LogP contribution in [0.25, 0.3) is 0 Å². The van der Waals surface area contributed by atoms with Crippen molar-refractivity contribution in [3.8, 4) is 0 Å². The molecule has 0 radical (unpaired) electrons. The van der Waals surface area contributed by atoms with Crippen LogP contribution in [0.1, 0.15) is 13.8 Å². The van der Waals surface area contributed by atoms with Gasteiger partial charge < -0.3 is 9.79 Å². The minimum absolute atomic E-state index is 0.298. The second-order valence-corrected chi connectivity index (χ2v) is 4.46. The van der Waals surface area contributed by atoms with E-state index in [0.717, 1.165) is 0 Å². The number of likely N-dealkylation sites (tertiary alicyclic amines) is 1. The van der Waals surface area contributed by atoms with E-state index in [1.54, 1.807) is 0 Å². The van der Waals surface area contributed by atoms with Crippen molar-refractivity contribution in [2.45, 2.75) is 26.0 Å². The number of phosphoric acid groups is 1. The summed E-state index contributed by atoms with van der Waals surface area (Å²) in [4.78, 5) is 19.0. The van der Waals surface area contributed by atoms with Gasteiger partial charge in [-0.2, -0.15) is 0 Å². The molecular weight excluding hydrogens is 181 g/mol. The minimum atomic E-state index is -4.27. The fraction of sp³-hybridized carbons (Fsp3) is 1.00. The molecule has 1 rings (SSSR count). The van der Waals surface area contributed by atoms with Crippen LogP contribution in [0.5, 0.6) is 0 Å². The highest BCUT2D eigenvalue weighted by atomic mass is 31.2. The van der Waals surface area contributed by atoms with Crippen molar-refractivity contribution < 1.29 is 18.9 Å². The monoisotopic (exact) mass is 195 g/mol. The number of rotatable bonds is 3. The molecule has 0 aromatic rings. The molecule has 72 valence electrons. The summed E-state index contributed by atoms with van der Waals surface area (Å²) in [6.45, 7) is 5.30. The standard InChI is InChI=1S/C6H14NO4P/c1-5(2)7-3-6(4-7)11-12(8,9)10/h5-6H,3-4H2,1-2H3,(H2,8,9,10).